The third-order valence-electron chi connectivity index (χ3n) is 5.18. The van der Waals surface area contributed by atoms with E-state index in [0.29, 0.717) is 11.0 Å². The molecule has 8 heteroatoms. The van der Waals surface area contributed by atoms with Crippen LogP contribution in [0.1, 0.15) is 37.3 Å². The molecule has 0 amide bonds. The molecule has 1 saturated heterocycles. The molecule has 2 atom stereocenters. The molecule has 30 heavy (non-hydrogen) atoms. The number of rotatable bonds is 6. The van der Waals surface area contributed by atoms with Crippen LogP contribution in [0.3, 0.4) is 0 Å². The zero-order valence-corrected chi connectivity index (χ0v) is 17.6. The van der Waals surface area contributed by atoms with E-state index in [1.165, 1.54) is 12.1 Å². The number of hydrogen-bond acceptors (Lipinski definition) is 4. The number of nitrogens with zero attached hydrogens (tertiary/aromatic N) is 4. The van der Waals surface area contributed by atoms with E-state index in [-0.39, 0.29) is 22.7 Å². The van der Waals surface area contributed by atoms with Crippen LogP contribution >= 0.6 is 12.2 Å². The number of thiocarbonyl (C=S) groups is 1. The Hall–Kier alpha value is -3.26. The molecule has 0 aliphatic carbocycles. The van der Waals surface area contributed by atoms with E-state index in [1.54, 1.807) is 18.3 Å². The molecule has 3 aromatic rings. The lowest BCUT2D eigenvalue weighted by molar-refractivity contribution is -0.384. The van der Waals surface area contributed by atoms with Crippen molar-refractivity contribution in [2.24, 2.45) is 5.92 Å². The number of nitro benzene ring substituents is 1. The van der Waals surface area contributed by atoms with Gasteiger partial charge in [0.05, 0.1) is 22.7 Å². The van der Waals surface area contributed by atoms with E-state index in [9.17, 15) is 10.1 Å². The summed E-state index contributed by atoms with van der Waals surface area (Å²) in [5, 5.41) is 15.2. The number of non-ortho nitro benzene ring substituents is 1. The zero-order valence-electron chi connectivity index (χ0n) is 16.8. The number of benzene rings is 1. The molecule has 0 saturated carbocycles. The predicted molar refractivity (Wildman–Crippen MR) is 119 cm³/mol. The summed E-state index contributed by atoms with van der Waals surface area (Å²) in [5.41, 5.74) is 2.91. The van der Waals surface area contributed by atoms with Gasteiger partial charge in [-0.05, 0) is 54.5 Å². The lowest BCUT2D eigenvalue weighted by atomic mass is 10.0. The first-order valence-electron chi connectivity index (χ1n) is 9.86. The van der Waals surface area contributed by atoms with Gasteiger partial charge in [0.1, 0.15) is 0 Å². The van der Waals surface area contributed by atoms with E-state index >= 15 is 0 Å². The van der Waals surface area contributed by atoms with Crippen LogP contribution in [0.5, 0.6) is 0 Å². The van der Waals surface area contributed by atoms with Crippen LogP contribution < -0.4 is 5.32 Å². The minimum atomic E-state index is -0.388. The second-order valence-corrected chi connectivity index (χ2v) is 8.14. The van der Waals surface area contributed by atoms with Crippen LogP contribution in [0.2, 0.25) is 0 Å². The summed E-state index contributed by atoms with van der Waals surface area (Å²) in [5.74, 6) is 0.428. The maximum atomic E-state index is 11.0. The minimum absolute atomic E-state index is 0.0556. The fourth-order valence-corrected chi connectivity index (χ4v) is 4.24. The third kappa shape index (κ3) is 3.78. The monoisotopic (exact) mass is 421 g/mol. The van der Waals surface area contributed by atoms with Crippen molar-refractivity contribution in [2.45, 2.75) is 25.9 Å². The van der Waals surface area contributed by atoms with Crippen molar-refractivity contribution in [1.82, 2.24) is 19.8 Å². The van der Waals surface area contributed by atoms with Gasteiger partial charge in [-0.25, -0.2) is 0 Å². The Bertz CT molecular complexity index is 1050. The van der Waals surface area contributed by atoms with E-state index in [2.05, 4.69) is 39.7 Å². The van der Waals surface area contributed by atoms with Crippen LogP contribution in [-0.4, -0.2) is 31.0 Å². The average molecular weight is 422 g/mol. The largest absolute Gasteiger partial charge is 0.352 e. The molecule has 0 radical (unpaired) electrons. The molecule has 1 aliphatic heterocycles. The smallest absolute Gasteiger partial charge is 0.269 e. The van der Waals surface area contributed by atoms with Crippen LogP contribution in [-0.2, 0) is 0 Å². The van der Waals surface area contributed by atoms with Gasteiger partial charge in [0.2, 0.25) is 0 Å². The highest BCUT2D eigenvalue weighted by Gasteiger charge is 2.41. The molecule has 1 aromatic carbocycles. The Morgan fingerprint density at radius 3 is 2.57 bits per heavy atom. The Morgan fingerprint density at radius 1 is 1.17 bits per heavy atom. The van der Waals surface area contributed by atoms with Gasteiger partial charge < -0.3 is 14.8 Å². The molecule has 1 aliphatic rings. The van der Waals surface area contributed by atoms with E-state index in [4.69, 9.17) is 12.2 Å². The molecular formula is C22H23N5O2S. The zero-order chi connectivity index (χ0) is 21.3. The van der Waals surface area contributed by atoms with Crippen molar-refractivity contribution >= 4 is 23.0 Å². The second-order valence-electron chi connectivity index (χ2n) is 7.75. The first-order valence-corrected chi connectivity index (χ1v) is 10.3. The highest BCUT2D eigenvalue weighted by atomic mass is 32.1. The number of nitro groups is 1. The van der Waals surface area contributed by atoms with Crippen molar-refractivity contribution in [3.63, 3.8) is 0 Å². The summed E-state index contributed by atoms with van der Waals surface area (Å²) in [7, 11) is 0. The van der Waals surface area contributed by atoms with Gasteiger partial charge >= 0.3 is 0 Å². The predicted octanol–water partition coefficient (Wildman–Crippen LogP) is 4.41. The van der Waals surface area contributed by atoms with Crippen molar-refractivity contribution in [3.05, 3.63) is 88.5 Å². The summed E-state index contributed by atoms with van der Waals surface area (Å²) < 4.78 is 2.06. The lowest BCUT2D eigenvalue weighted by Crippen LogP contribution is -2.33. The number of pyridine rings is 1. The topological polar surface area (TPSA) is 76.2 Å². The molecule has 0 unspecified atom stereocenters. The van der Waals surface area contributed by atoms with Crippen LogP contribution in [0.4, 0.5) is 5.69 Å². The van der Waals surface area contributed by atoms with Crippen molar-refractivity contribution in [3.8, 4) is 5.69 Å². The van der Waals surface area contributed by atoms with Crippen molar-refractivity contribution < 1.29 is 4.92 Å². The second kappa shape index (κ2) is 8.23. The molecular weight excluding hydrogens is 398 g/mol. The van der Waals surface area contributed by atoms with Gasteiger partial charge in [-0.15, -0.1) is 0 Å². The Balaban J connectivity index is 1.78. The third-order valence-corrected chi connectivity index (χ3v) is 5.53. The van der Waals surface area contributed by atoms with Gasteiger partial charge in [0, 0.05) is 42.5 Å². The first kappa shape index (κ1) is 20.0. The van der Waals surface area contributed by atoms with E-state index in [0.717, 1.165) is 23.6 Å². The highest BCUT2D eigenvalue weighted by molar-refractivity contribution is 7.80. The fraction of sp³-hybridized carbons (Fsp3) is 0.273. The van der Waals surface area contributed by atoms with Crippen molar-refractivity contribution in [2.75, 3.05) is 6.54 Å². The van der Waals surface area contributed by atoms with Gasteiger partial charge in [-0.3, -0.25) is 15.1 Å². The summed E-state index contributed by atoms with van der Waals surface area (Å²) in [4.78, 5) is 17.4. The molecule has 1 N–H and O–H groups in total. The number of aromatic nitrogens is 2. The van der Waals surface area contributed by atoms with E-state index in [1.807, 2.05) is 30.5 Å². The molecule has 2 aromatic heterocycles. The molecule has 154 valence electrons. The SMILES string of the molecule is CC(C)CN1C(=S)N[C@@H](c2ccccn2)[C@H]1c1cccn1-c1ccc([N+](=O)[O-])cc1. The Labute approximate surface area is 180 Å². The summed E-state index contributed by atoms with van der Waals surface area (Å²) in [6, 6.07) is 16.4. The quantitative estimate of drug-likeness (QED) is 0.361. The Kier molecular flexibility index (Phi) is 5.50. The molecule has 0 bridgehead atoms. The summed E-state index contributed by atoms with van der Waals surface area (Å²) in [6.45, 7) is 5.15. The van der Waals surface area contributed by atoms with Crippen LogP contribution in [0.15, 0.2) is 67.0 Å². The summed E-state index contributed by atoms with van der Waals surface area (Å²) >= 11 is 5.70. The fourth-order valence-electron chi connectivity index (χ4n) is 3.92. The summed E-state index contributed by atoms with van der Waals surface area (Å²) in [6.07, 6.45) is 3.76. The molecule has 3 heterocycles. The van der Waals surface area contributed by atoms with Crippen molar-refractivity contribution in [1.29, 1.82) is 0 Å². The van der Waals surface area contributed by atoms with E-state index < -0.39 is 0 Å². The lowest BCUT2D eigenvalue weighted by Gasteiger charge is -2.30. The number of hydrogen-bond donors (Lipinski definition) is 1. The normalized spacial score (nSPS) is 18.6. The Morgan fingerprint density at radius 2 is 1.93 bits per heavy atom. The average Bonchev–Trinajstić information content (AvgIpc) is 3.33. The maximum Gasteiger partial charge on any atom is 0.269 e. The molecule has 0 spiro atoms. The minimum Gasteiger partial charge on any atom is -0.352 e. The van der Waals surface area contributed by atoms with Crippen LogP contribution in [0.25, 0.3) is 5.69 Å². The number of nitrogens with one attached hydrogen (secondary N) is 1. The highest BCUT2D eigenvalue weighted by Crippen LogP contribution is 2.39. The van der Waals surface area contributed by atoms with Gasteiger partial charge in [-0.1, -0.05) is 19.9 Å². The standard InChI is InChI=1S/C22H23N5O2S/c1-15(2)14-26-21(20(24-22(26)30)18-6-3-4-12-23-18)19-7-5-13-25(19)16-8-10-17(11-9-16)27(28)29/h3-13,15,20-21H,14H2,1-2H3,(H,24,30)/t20-,21+/m0/s1. The molecule has 7 nitrogen and oxygen atoms in total. The van der Waals surface area contributed by atoms with Gasteiger partial charge in [-0.2, -0.15) is 0 Å². The van der Waals surface area contributed by atoms with Gasteiger partial charge in [0.15, 0.2) is 5.11 Å². The van der Waals surface area contributed by atoms with Crippen LogP contribution in [0, 0.1) is 16.0 Å². The maximum absolute atomic E-state index is 11.0. The molecule has 4 rings (SSSR count). The first-order chi connectivity index (χ1) is 14.5. The molecule has 1 fully saturated rings. The van der Waals surface area contributed by atoms with Gasteiger partial charge in [0.25, 0.3) is 5.69 Å².